The van der Waals surface area contributed by atoms with Gasteiger partial charge in [-0.05, 0) is 0 Å². The summed E-state index contributed by atoms with van der Waals surface area (Å²) in [6, 6.07) is -1.11. The van der Waals surface area contributed by atoms with Gasteiger partial charge in [0.1, 0.15) is 11.3 Å². The number of hydrogen-bond donors (Lipinski definition) is 3. The Morgan fingerprint density at radius 1 is 1.69 bits per heavy atom. The van der Waals surface area contributed by atoms with E-state index in [0.717, 1.165) is 4.90 Å². The van der Waals surface area contributed by atoms with Crippen molar-refractivity contribution in [3.05, 3.63) is 0 Å². The van der Waals surface area contributed by atoms with Crippen LogP contribution in [-0.4, -0.2) is 53.9 Å². The van der Waals surface area contributed by atoms with Gasteiger partial charge < -0.3 is 10.0 Å². The highest BCUT2D eigenvalue weighted by Gasteiger charge is 2.41. The van der Waals surface area contributed by atoms with Crippen LogP contribution in [-0.2, 0) is 19.6 Å². The molecular weight excluding hydrogens is 256 g/mol. The third kappa shape index (κ3) is 2.66. The second-order valence-corrected chi connectivity index (χ2v) is 5.71. The van der Waals surface area contributed by atoms with Crippen LogP contribution in [0.25, 0.3) is 0 Å². The maximum atomic E-state index is 11.4. The highest BCUT2D eigenvalue weighted by molar-refractivity contribution is 7.89. The Bertz CT molecular complexity index is 407. The molecule has 0 aliphatic carbocycles. The van der Waals surface area contributed by atoms with Gasteiger partial charge in [-0.2, -0.15) is 12.6 Å². The Hall–Kier alpha value is -0.800. The van der Waals surface area contributed by atoms with Gasteiger partial charge in [0.25, 0.3) is 0 Å². The number of nitrogens with two attached hydrogens (primary N) is 1. The number of primary sulfonamides is 1. The van der Waals surface area contributed by atoms with Crippen LogP contribution in [0.15, 0.2) is 0 Å². The molecule has 2 atom stereocenters. The summed E-state index contributed by atoms with van der Waals surface area (Å²) in [7, 11) is -3.82. The number of carbonyl (C=O) groups excluding carboxylic acids is 1. The monoisotopic (exact) mass is 268 g/mol. The van der Waals surface area contributed by atoms with Crippen molar-refractivity contribution in [2.24, 2.45) is 5.14 Å². The molecule has 1 amide bonds. The summed E-state index contributed by atoms with van der Waals surface area (Å²) < 4.78 is 22.1. The zero-order chi connectivity index (χ0) is 12.5. The first-order valence-electron chi connectivity index (χ1n) is 4.42. The fraction of sp³-hybridized carbons (Fsp3) is 0.714. The summed E-state index contributed by atoms with van der Waals surface area (Å²) in [4.78, 5) is 23.2. The van der Waals surface area contributed by atoms with Crippen molar-refractivity contribution in [1.29, 1.82) is 0 Å². The van der Waals surface area contributed by atoms with Crippen LogP contribution in [0.3, 0.4) is 0 Å². The topological polar surface area (TPSA) is 118 Å². The first-order valence-corrected chi connectivity index (χ1v) is 6.66. The lowest BCUT2D eigenvalue weighted by molar-refractivity contribution is -0.147. The van der Waals surface area contributed by atoms with E-state index in [1.807, 2.05) is 0 Å². The quantitative estimate of drug-likeness (QED) is 0.523. The van der Waals surface area contributed by atoms with E-state index in [1.54, 1.807) is 0 Å². The average molecular weight is 268 g/mol. The lowest BCUT2D eigenvalue weighted by Crippen LogP contribution is -2.44. The Morgan fingerprint density at radius 2 is 2.25 bits per heavy atom. The number of carboxylic acids is 1. The van der Waals surface area contributed by atoms with E-state index in [2.05, 4.69) is 12.6 Å². The number of carbonyl (C=O) groups is 2. The maximum absolute atomic E-state index is 11.4. The molecule has 0 aromatic heterocycles. The van der Waals surface area contributed by atoms with Gasteiger partial charge in [0.05, 0.1) is 0 Å². The van der Waals surface area contributed by atoms with Gasteiger partial charge in [0.15, 0.2) is 0 Å². The van der Waals surface area contributed by atoms with E-state index in [4.69, 9.17) is 10.2 Å². The fourth-order valence-corrected chi connectivity index (χ4v) is 2.63. The third-order valence-corrected chi connectivity index (χ3v) is 4.01. The summed E-state index contributed by atoms with van der Waals surface area (Å²) in [6.45, 7) is -0.185. The molecule has 0 aromatic carbocycles. The van der Waals surface area contributed by atoms with E-state index < -0.39 is 33.2 Å². The van der Waals surface area contributed by atoms with Gasteiger partial charge in [0, 0.05) is 18.7 Å². The zero-order valence-electron chi connectivity index (χ0n) is 8.24. The third-order valence-electron chi connectivity index (χ3n) is 2.42. The van der Waals surface area contributed by atoms with Gasteiger partial charge in [-0.3, -0.25) is 4.79 Å². The summed E-state index contributed by atoms with van der Waals surface area (Å²) in [5.41, 5.74) is 0. The maximum Gasteiger partial charge on any atom is 0.327 e. The number of likely N-dealkylation sites (tertiary alicyclic amines) is 1. The Balaban J connectivity index is 2.86. The van der Waals surface area contributed by atoms with Crippen molar-refractivity contribution in [2.45, 2.75) is 17.7 Å². The molecule has 1 heterocycles. The summed E-state index contributed by atoms with van der Waals surface area (Å²) in [5.74, 6) is -1.81. The first-order chi connectivity index (χ1) is 7.27. The molecule has 3 N–H and O–H groups in total. The van der Waals surface area contributed by atoms with Crippen molar-refractivity contribution in [3.8, 4) is 0 Å². The molecule has 9 heteroatoms. The number of rotatable bonds is 4. The average Bonchev–Trinajstić information content (AvgIpc) is 2.48. The molecule has 0 bridgehead atoms. The minimum absolute atomic E-state index is 0.0710. The highest BCUT2D eigenvalue weighted by atomic mass is 32.2. The Morgan fingerprint density at radius 3 is 2.56 bits per heavy atom. The normalized spacial score (nSPS) is 23.5. The summed E-state index contributed by atoms with van der Waals surface area (Å²) in [5, 5.41) is 12.7. The molecular formula is C7H12N2O5S2. The largest absolute Gasteiger partial charge is 0.480 e. The molecule has 2 unspecified atom stereocenters. The lowest BCUT2D eigenvalue weighted by Gasteiger charge is -2.22. The number of thiol groups is 1. The molecule has 0 radical (unpaired) electrons. The number of carboxylic acid groups (broad SMARTS) is 1. The van der Waals surface area contributed by atoms with Crippen LogP contribution in [0, 0.1) is 0 Å². The SMILES string of the molecule is NS(=O)(=O)C1CC(=O)N(C(CS)C(=O)O)C1. The van der Waals surface area contributed by atoms with E-state index in [9.17, 15) is 18.0 Å². The molecule has 7 nitrogen and oxygen atoms in total. The number of nitrogens with zero attached hydrogens (tertiary/aromatic N) is 1. The molecule has 0 saturated carbocycles. The van der Waals surface area contributed by atoms with Gasteiger partial charge in [-0.25, -0.2) is 18.4 Å². The molecule has 16 heavy (non-hydrogen) atoms. The van der Waals surface area contributed by atoms with Crippen molar-refractivity contribution in [1.82, 2.24) is 4.90 Å². The van der Waals surface area contributed by atoms with Crippen LogP contribution < -0.4 is 5.14 Å². The molecule has 1 aliphatic heterocycles. The fourth-order valence-electron chi connectivity index (χ4n) is 1.53. The zero-order valence-corrected chi connectivity index (χ0v) is 9.95. The lowest BCUT2D eigenvalue weighted by atomic mass is 10.3. The molecule has 0 spiro atoms. The number of hydrogen-bond acceptors (Lipinski definition) is 5. The number of sulfonamides is 1. The van der Waals surface area contributed by atoms with Crippen molar-refractivity contribution in [2.75, 3.05) is 12.3 Å². The predicted molar refractivity (Wildman–Crippen MR) is 58.5 cm³/mol. The predicted octanol–water partition coefficient (Wildman–Crippen LogP) is -1.74. The molecule has 92 valence electrons. The highest BCUT2D eigenvalue weighted by Crippen LogP contribution is 2.19. The van der Waals surface area contributed by atoms with Crippen molar-refractivity contribution >= 4 is 34.5 Å². The first kappa shape index (κ1) is 13.3. The van der Waals surface area contributed by atoms with Gasteiger partial charge in [-0.15, -0.1) is 0 Å². The number of aliphatic carboxylic acids is 1. The smallest absolute Gasteiger partial charge is 0.327 e. The van der Waals surface area contributed by atoms with Crippen LogP contribution in [0.1, 0.15) is 6.42 Å². The molecule has 1 saturated heterocycles. The molecule has 0 aromatic rings. The van der Waals surface area contributed by atoms with Gasteiger partial charge in [0.2, 0.25) is 15.9 Å². The van der Waals surface area contributed by atoms with Crippen LogP contribution in [0.2, 0.25) is 0 Å². The second kappa shape index (κ2) is 4.60. The van der Waals surface area contributed by atoms with E-state index in [1.165, 1.54) is 0 Å². The minimum Gasteiger partial charge on any atom is -0.480 e. The number of amides is 1. The van der Waals surface area contributed by atoms with E-state index in [-0.39, 0.29) is 18.7 Å². The van der Waals surface area contributed by atoms with Gasteiger partial charge >= 0.3 is 5.97 Å². The molecule has 1 aliphatic rings. The van der Waals surface area contributed by atoms with E-state index in [0.29, 0.717) is 0 Å². The minimum atomic E-state index is -3.82. The van der Waals surface area contributed by atoms with Crippen LogP contribution in [0.4, 0.5) is 0 Å². The summed E-state index contributed by atoms with van der Waals surface area (Å²) >= 11 is 3.82. The second-order valence-electron chi connectivity index (χ2n) is 3.50. The molecule has 1 fully saturated rings. The van der Waals surface area contributed by atoms with Crippen molar-refractivity contribution < 1.29 is 23.1 Å². The molecule has 1 rings (SSSR count). The van der Waals surface area contributed by atoms with E-state index >= 15 is 0 Å². The summed E-state index contributed by atoms with van der Waals surface area (Å²) in [6.07, 6.45) is -0.267. The standard InChI is InChI=1S/C7H12N2O5S2/c8-16(13,14)4-1-6(10)9(2-4)5(3-15)7(11)12/h4-5,15H,1-3H2,(H,11,12)(H2,8,13,14). The van der Waals surface area contributed by atoms with Gasteiger partial charge in [-0.1, -0.05) is 0 Å². The van der Waals surface area contributed by atoms with Crippen molar-refractivity contribution in [3.63, 3.8) is 0 Å². The van der Waals surface area contributed by atoms with Crippen LogP contribution in [0.5, 0.6) is 0 Å². The Labute approximate surface area is 98.1 Å². The van der Waals surface area contributed by atoms with Crippen LogP contribution >= 0.6 is 12.6 Å². The Kier molecular flexibility index (Phi) is 3.81.